The zero-order valence-electron chi connectivity index (χ0n) is 12.8. The molecule has 0 spiro atoms. The van der Waals surface area contributed by atoms with Crippen LogP contribution in [0.4, 0.5) is 0 Å². The van der Waals surface area contributed by atoms with Gasteiger partial charge in [-0.15, -0.1) is 0 Å². The molecule has 0 aromatic heterocycles. The van der Waals surface area contributed by atoms with E-state index in [1.165, 1.54) is 0 Å². The molecular formula is C16H23NO4. The molecule has 1 aromatic carbocycles. The van der Waals surface area contributed by atoms with E-state index < -0.39 is 5.97 Å². The van der Waals surface area contributed by atoms with Gasteiger partial charge in [0.25, 0.3) is 0 Å². The molecule has 1 rings (SSSR count). The second-order valence-electron chi connectivity index (χ2n) is 5.29. The summed E-state index contributed by atoms with van der Waals surface area (Å²) in [7, 11) is 1.79. The number of carbonyl (C=O) groups excluding carboxylic acids is 1. The first kappa shape index (κ1) is 17.0. The molecule has 1 atom stereocenters. The predicted octanol–water partition coefficient (Wildman–Crippen LogP) is 2.54. The van der Waals surface area contributed by atoms with Gasteiger partial charge in [0.15, 0.2) is 6.61 Å². The van der Waals surface area contributed by atoms with Gasteiger partial charge < -0.3 is 14.7 Å². The molecule has 0 heterocycles. The fraction of sp³-hybridized carbons (Fsp3) is 0.500. The van der Waals surface area contributed by atoms with E-state index in [0.717, 1.165) is 12.0 Å². The molecule has 116 valence electrons. The van der Waals surface area contributed by atoms with Crippen LogP contribution in [0.5, 0.6) is 5.75 Å². The van der Waals surface area contributed by atoms with Crippen molar-refractivity contribution >= 4 is 11.9 Å². The average Bonchev–Trinajstić information content (AvgIpc) is 2.46. The smallest absolute Gasteiger partial charge is 0.341 e. The summed E-state index contributed by atoms with van der Waals surface area (Å²) in [5.41, 5.74) is 0.984. The van der Waals surface area contributed by atoms with Crippen LogP contribution >= 0.6 is 0 Å². The number of benzene rings is 1. The van der Waals surface area contributed by atoms with Crippen molar-refractivity contribution in [2.24, 2.45) is 5.92 Å². The minimum Gasteiger partial charge on any atom is -0.482 e. The number of ether oxygens (including phenoxy) is 1. The van der Waals surface area contributed by atoms with Gasteiger partial charge in [0.05, 0.1) is 0 Å². The number of rotatable bonds is 8. The highest BCUT2D eigenvalue weighted by Gasteiger charge is 2.12. The number of carboxylic acid groups (broad SMARTS) is 1. The molecule has 0 aliphatic carbocycles. The first-order valence-corrected chi connectivity index (χ1v) is 7.09. The van der Waals surface area contributed by atoms with E-state index in [0.29, 0.717) is 24.6 Å². The van der Waals surface area contributed by atoms with Gasteiger partial charge in [-0.1, -0.05) is 32.4 Å². The van der Waals surface area contributed by atoms with Gasteiger partial charge in [0.1, 0.15) is 5.75 Å². The fourth-order valence-corrected chi connectivity index (χ4v) is 1.80. The van der Waals surface area contributed by atoms with E-state index in [4.69, 9.17) is 9.84 Å². The Kier molecular flexibility index (Phi) is 6.72. The predicted molar refractivity (Wildman–Crippen MR) is 80.1 cm³/mol. The summed E-state index contributed by atoms with van der Waals surface area (Å²) in [5, 5.41) is 8.53. The van der Waals surface area contributed by atoms with Crippen LogP contribution in [0, 0.1) is 5.92 Å². The van der Waals surface area contributed by atoms with Crippen LogP contribution in [0.25, 0.3) is 0 Å². The summed E-state index contributed by atoms with van der Waals surface area (Å²) in [6.07, 6.45) is 1.56. The number of amides is 1. The standard InChI is InChI=1S/C16H23NO4/c1-4-12(2)9-15(18)17(3)10-13-5-7-14(8-6-13)21-11-16(19)20/h5-8,12H,4,9-11H2,1-3H3,(H,19,20). The van der Waals surface area contributed by atoms with Gasteiger partial charge in [-0.3, -0.25) is 4.79 Å². The Hall–Kier alpha value is -2.04. The SMILES string of the molecule is CCC(C)CC(=O)N(C)Cc1ccc(OCC(=O)O)cc1. The normalized spacial score (nSPS) is 11.8. The zero-order chi connectivity index (χ0) is 15.8. The van der Waals surface area contributed by atoms with Crippen molar-refractivity contribution < 1.29 is 19.4 Å². The van der Waals surface area contributed by atoms with Crippen molar-refractivity contribution in [3.8, 4) is 5.75 Å². The van der Waals surface area contributed by atoms with Crippen LogP contribution in [0.3, 0.4) is 0 Å². The average molecular weight is 293 g/mol. The largest absolute Gasteiger partial charge is 0.482 e. The Morgan fingerprint density at radius 2 is 1.90 bits per heavy atom. The lowest BCUT2D eigenvalue weighted by Crippen LogP contribution is -2.27. The molecule has 0 fully saturated rings. The van der Waals surface area contributed by atoms with E-state index in [1.807, 2.05) is 12.1 Å². The highest BCUT2D eigenvalue weighted by atomic mass is 16.5. The highest BCUT2D eigenvalue weighted by molar-refractivity contribution is 5.76. The third-order valence-corrected chi connectivity index (χ3v) is 3.35. The lowest BCUT2D eigenvalue weighted by atomic mass is 10.0. The molecule has 0 saturated carbocycles. The fourth-order valence-electron chi connectivity index (χ4n) is 1.80. The van der Waals surface area contributed by atoms with Crippen molar-refractivity contribution in [3.05, 3.63) is 29.8 Å². The molecule has 1 unspecified atom stereocenters. The summed E-state index contributed by atoms with van der Waals surface area (Å²) in [5.74, 6) is 0.0338. The first-order chi connectivity index (χ1) is 9.92. The summed E-state index contributed by atoms with van der Waals surface area (Å²) in [6, 6.07) is 7.10. The molecule has 21 heavy (non-hydrogen) atoms. The number of nitrogens with zero attached hydrogens (tertiary/aromatic N) is 1. The van der Waals surface area contributed by atoms with Gasteiger partial charge >= 0.3 is 5.97 Å². The molecule has 1 amide bonds. The number of aliphatic carboxylic acids is 1. The topological polar surface area (TPSA) is 66.8 Å². The van der Waals surface area contributed by atoms with E-state index >= 15 is 0 Å². The maximum Gasteiger partial charge on any atom is 0.341 e. The summed E-state index contributed by atoms with van der Waals surface area (Å²) in [6.45, 7) is 4.33. The van der Waals surface area contributed by atoms with E-state index in [1.54, 1.807) is 24.1 Å². The molecular weight excluding hydrogens is 270 g/mol. The molecule has 5 heteroatoms. The lowest BCUT2D eigenvalue weighted by molar-refractivity contribution is -0.139. The number of hydrogen-bond donors (Lipinski definition) is 1. The van der Waals surface area contributed by atoms with E-state index in [9.17, 15) is 9.59 Å². The lowest BCUT2D eigenvalue weighted by Gasteiger charge is -2.19. The Morgan fingerprint density at radius 1 is 1.29 bits per heavy atom. The van der Waals surface area contributed by atoms with Crippen molar-refractivity contribution in [3.63, 3.8) is 0 Å². The molecule has 1 aromatic rings. The molecule has 0 aliphatic rings. The van der Waals surface area contributed by atoms with Crippen LogP contribution < -0.4 is 4.74 Å². The summed E-state index contributed by atoms with van der Waals surface area (Å²) in [4.78, 5) is 24.1. The van der Waals surface area contributed by atoms with Crippen LogP contribution in [-0.2, 0) is 16.1 Å². The maximum absolute atomic E-state index is 12.0. The van der Waals surface area contributed by atoms with Crippen LogP contribution in [0.2, 0.25) is 0 Å². The monoisotopic (exact) mass is 293 g/mol. The third-order valence-electron chi connectivity index (χ3n) is 3.35. The Labute approximate surface area is 125 Å². The Bertz CT molecular complexity index is 470. The van der Waals surface area contributed by atoms with Gasteiger partial charge in [0.2, 0.25) is 5.91 Å². The Morgan fingerprint density at radius 3 is 2.43 bits per heavy atom. The van der Waals surface area contributed by atoms with Crippen LogP contribution in [-0.4, -0.2) is 35.5 Å². The van der Waals surface area contributed by atoms with Gasteiger partial charge in [0, 0.05) is 20.0 Å². The number of carbonyl (C=O) groups is 2. The molecule has 0 saturated heterocycles. The van der Waals surface area contributed by atoms with Crippen molar-refractivity contribution in [2.75, 3.05) is 13.7 Å². The van der Waals surface area contributed by atoms with Crippen LogP contribution in [0.15, 0.2) is 24.3 Å². The van der Waals surface area contributed by atoms with Crippen molar-refractivity contribution in [1.82, 2.24) is 4.90 Å². The zero-order valence-corrected chi connectivity index (χ0v) is 12.8. The maximum atomic E-state index is 12.0. The second-order valence-corrected chi connectivity index (χ2v) is 5.29. The van der Waals surface area contributed by atoms with Crippen molar-refractivity contribution in [2.45, 2.75) is 33.2 Å². The van der Waals surface area contributed by atoms with Crippen LogP contribution in [0.1, 0.15) is 32.3 Å². The van der Waals surface area contributed by atoms with Crippen molar-refractivity contribution in [1.29, 1.82) is 0 Å². The molecule has 0 radical (unpaired) electrons. The highest BCUT2D eigenvalue weighted by Crippen LogP contribution is 2.15. The quantitative estimate of drug-likeness (QED) is 0.800. The van der Waals surface area contributed by atoms with E-state index in [2.05, 4.69) is 13.8 Å². The molecule has 5 nitrogen and oxygen atoms in total. The first-order valence-electron chi connectivity index (χ1n) is 7.09. The van der Waals surface area contributed by atoms with Gasteiger partial charge in [-0.25, -0.2) is 4.79 Å². The molecule has 1 N–H and O–H groups in total. The van der Waals surface area contributed by atoms with E-state index in [-0.39, 0.29) is 12.5 Å². The second kappa shape index (κ2) is 8.29. The number of carboxylic acids is 1. The molecule has 0 bridgehead atoms. The van der Waals surface area contributed by atoms with Gasteiger partial charge in [-0.05, 0) is 23.6 Å². The summed E-state index contributed by atoms with van der Waals surface area (Å²) < 4.78 is 5.06. The minimum atomic E-state index is -1.01. The number of hydrogen-bond acceptors (Lipinski definition) is 3. The van der Waals surface area contributed by atoms with Gasteiger partial charge in [-0.2, -0.15) is 0 Å². The molecule has 0 aliphatic heterocycles. The summed E-state index contributed by atoms with van der Waals surface area (Å²) >= 11 is 0. The minimum absolute atomic E-state index is 0.135. The Balaban J connectivity index is 2.51. The third kappa shape index (κ3) is 6.29.